The van der Waals surface area contributed by atoms with Gasteiger partial charge in [-0.3, -0.25) is 0 Å². The van der Waals surface area contributed by atoms with Crippen molar-refractivity contribution in [2.75, 3.05) is 20.1 Å². The predicted octanol–water partition coefficient (Wildman–Crippen LogP) is 2.31. The van der Waals surface area contributed by atoms with E-state index in [2.05, 4.69) is 16.9 Å². The van der Waals surface area contributed by atoms with Crippen LogP contribution in [0.5, 0.6) is 0 Å². The first-order valence-corrected chi connectivity index (χ1v) is 5.19. The van der Waals surface area contributed by atoms with E-state index >= 15 is 0 Å². The molecule has 80 valence electrons. The summed E-state index contributed by atoms with van der Waals surface area (Å²) in [7, 11) is 2.17. The van der Waals surface area contributed by atoms with E-state index in [1.165, 1.54) is 25.9 Å². The Morgan fingerprint density at radius 2 is 1.71 bits per heavy atom. The smallest absolute Gasteiger partial charge is 0.191 e. The molecule has 14 heavy (non-hydrogen) atoms. The van der Waals surface area contributed by atoms with Crippen LogP contribution in [0.1, 0.15) is 30.2 Å². The van der Waals surface area contributed by atoms with Gasteiger partial charge in [-0.25, -0.2) is 4.98 Å². The van der Waals surface area contributed by atoms with Crippen LogP contribution >= 0.6 is 0 Å². The molecule has 0 aromatic carbocycles. The molecule has 0 aliphatic carbocycles. The van der Waals surface area contributed by atoms with E-state index in [1.807, 2.05) is 20.8 Å². The van der Waals surface area contributed by atoms with E-state index in [9.17, 15) is 0 Å². The SMILES string of the molecule is CN1CCCC1.Cc1nc(C)c(C)o1. The summed E-state index contributed by atoms with van der Waals surface area (Å²) in [6.45, 7) is 8.33. The second-order valence-electron chi connectivity index (χ2n) is 3.88. The van der Waals surface area contributed by atoms with Gasteiger partial charge in [-0.1, -0.05) is 0 Å². The van der Waals surface area contributed by atoms with Crippen LogP contribution in [0.4, 0.5) is 0 Å². The van der Waals surface area contributed by atoms with Crippen molar-refractivity contribution in [1.82, 2.24) is 9.88 Å². The van der Waals surface area contributed by atoms with Crippen LogP contribution in [0, 0.1) is 20.8 Å². The molecule has 0 amide bonds. The van der Waals surface area contributed by atoms with Crippen LogP contribution < -0.4 is 0 Å². The van der Waals surface area contributed by atoms with Gasteiger partial charge in [0, 0.05) is 6.92 Å². The monoisotopic (exact) mass is 196 g/mol. The zero-order valence-electron chi connectivity index (χ0n) is 9.63. The number of aryl methyl sites for hydroxylation is 3. The van der Waals surface area contributed by atoms with Gasteiger partial charge in [-0.05, 0) is 46.8 Å². The molecule has 3 nitrogen and oxygen atoms in total. The first-order chi connectivity index (χ1) is 6.59. The summed E-state index contributed by atoms with van der Waals surface area (Å²) < 4.78 is 5.10. The summed E-state index contributed by atoms with van der Waals surface area (Å²) in [6.07, 6.45) is 2.83. The summed E-state index contributed by atoms with van der Waals surface area (Å²) in [5.41, 5.74) is 0.988. The highest BCUT2D eigenvalue weighted by Crippen LogP contribution is 2.05. The summed E-state index contributed by atoms with van der Waals surface area (Å²) in [4.78, 5) is 6.41. The van der Waals surface area contributed by atoms with Gasteiger partial charge in [0.1, 0.15) is 5.76 Å². The molecule has 0 spiro atoms. The lowest BCUT2D eigenvalue weighted by molar-refractivity contribution is 0.418. The summed E-state index contributed by atoms with van der Waals surface area (Å²) in [5, 5.41) is 0. The van der Waals surface area contributed by atoms with Crippen molar-refractivity contribution >= 4 is 0 Å². The van der Waals surface area contributed by atoms with Crippen LogP contribution in [0.3, 0.4) is 0 Å². The van der Waals surface area contributed by atoms with E-state index in [4.69, 9.17) is 4.42 Å². The van der Waals surface area contributed by atoms with Crippen molar-refractivity contribution in [1.29, 1.82) is 0 Å². The summed E-state index contributed by atoms with van der Waals surface area (Å²) >= 11 is 0. The Balaban J connectivity index is 0.000000146. The third kappa shape index (κ3) is 3.50. The fourth-order valence-corrected chi connectivity index (χ4v) is 1.51. The maximum atomic E-state index is 5.10. The Labute approximate surface area is 86.1 Å². The third-order valence-electron chi connectivity index (χ3n) is 2.47. The van der Waals surface area contributed by atoms with Gasteiger partial charge < -0.3 is 9.32 Å². The maximum absolute atomic E-state index is 5.10. The zero-order valence-corrected chi connectivity index (χ0v) is 9.63. The molecule has 0 bridgehead atoms. The Hall–Kier alpha value is -0.830. The highest BCUT2D eigenvalue weighted by Gasteiger charge is 2.03. The lowest BCUT2D eigenvalue weighted by Gasteiger charge is -2.01. The third-order valence-corrected chi connectivity index (χ3v) is 2.47. The van der Waals surface area contributed by atoms with Crippen molar-refractivity contribution in [2.45, 2.75) is 33.6 Å². The van der Waals surface area contributed by atoms with Crippen molar-refractivity contribution in [3.63, 3.8) is 0 Å². The molecule has 0 atom stereocenters. The Morgan fingerprint density at radius 3 is 1.86 bits per heavy atom. The highest BCUT2D eigenvalue weighted by molar-refractivity contribution is 5.03. The lowest BCUT2D eigenvalue weighted by atomic mass is 10.4. The molecule has 2 rings (SSSR count). The van der Waals surface area contributed by atoms with Crippen LogP contribution in [-0.2, 0) is 0 Å². The molecule has 1 saturated heterocycles. The Bertz CT molecular complexity index is 255. The minimum absolute atomic E-state index is 0.750. The summed E-state index contributed by atoms with van der Waals surface area (Å²) in [5.74, 6) is 1.67. The van der Waals surface area contributed by atoms with Crippen molar-refractivity contribution in [3.8, 4) is 0 Å². The first-order valence-electron chi connectivity index (χ1n) is 5.19. The number of rotatable bonds is 0. The first kappa shape index (κ1) is 11.2. The van der Waals surface area contributed by atoms with E-state index in [1.54, 1.807) is 0 Å². The van der Waals surface area contributed by atoms with E-state index in [0.29, 0.717) is 0 Å². The number of hydrogen-bond donors (Lipinski definition) is 0. The van der Waals surface area contributed by atoms with Gasteiger partial charge in [-0.2, -0.15) is 0 Å². The largest absolute Gasteiger partial charge is 0.446 e. The van der Waals surface area contributed by atoms with Crippen LogP contribution in [-0.4, -0.2) is 30.0 Å². The Morgan fingerprint density at radius 1 is 1.14 bits per heavy atom. The maximum Gasteiger partial charge on any atom is 0.191 e. The van der Waals surface area contributed by atoms with Crippen LogP contribution in [0.2, 0.25) is 0 Å². The van der Waals surface area contributed by atoms with Gasteiger partial charge in [0.15, 0.2) is 5.89 Å². The van der Waals surface area contributed by atoms with Gasteiger partial charge >= 0.3 is 0 Å². The molecule has 0 N–H and O–H groups in total. The van der Waals surface area contributed by atoms with E-state index in [-0.39, 0.29) is 0 Å². The molecule has 2 heterocycles. The molecule has 1 aromatic heterocycles. The minimum atomic E-state index is 0.750. The van der Waals surface area contributed by atoms with Gasteiger partial charge in [0.25, 0.3) is 0 Å². The van der Waals surface area contributed by atoms with E-state index < -0.39 is 0 Å². The van der Waals surface area contributed by atoms with Crippen molar-refractivity contribution in [3.05, 3.63) is 17.3 Å². The quantitative estimate of drug-likeness (QED) is 0.637. The van der Waals surface area contributed by atoms with Crippen LogP contribution in [0.15, 0.2) is 4.42 Å². The molecule has 1 aliphatic rings. The molecule has 0 radical (unpaired) electrons. The summed E-state index contributed by atoms with van der Waals surface area (Å²) in [6, 6.07) is 0. The average Bonchev–Trinajstić information content (AvgIpc) is 2.65. The van der Waals surface area contributed by atoms with Crippen LogP contribution in [0.25, 0.3) is 0 Å². The molecule has 1 fully saturated rings. The van der Waals surface area contributed by atoms with Gasteiger partial charge in [-0.15, -0.1) is 0 Å². The molecule has 0 saturated carbocycles. The van der Waals surface area contributed by atoms with Crippen molar-refractivity contribution < 1.29 is 4.42 Å². The second-order valence-corrected chi connectivity index (χ2v) is 3.88. The van der Waals surface area contributed by atoms with Gasteiger partial charge in [0.2, 0.25) is 0 Å². The highest BCUT2D eigenvalue weighted by atomic mass is 16.4. The van der Waals surface area contributed by atoms with Gasteiger partial charge in [0.05, 0.1) is 5.69 Å². The number of nitrogens with zero attached hydrogens (tertiary/aromatic N) is 2. The molecular weight excluding hydrogens is 176 g/mol. The zero-order chi connectivity index (χ0) is 10.6. The predicted molar refractivity (Wildman–Crippen MR) is 57.4 cm³/mol. The number of aromatic nitrogens is 1. The molecule has 3 heteroatoms. The minimum Gasteiger partial charge on any atom is -0.446 e. The number of likely N-dealkylation sites (tertiary alicyclic amines) is 1. The molecular formula is C11H20N2O. The standard InChI is InChI=1S/C6H9NO.C5H11N/c1-4-5(2)8-6(3)7-4;1-6-4-2-3-5-6/h1-3H3;2-5H2,1H3. The fraction of sp³-hybridized carbons (Fsp3) is 0.727. The van der Waals surface area contributed by atoms with Crippen molar-refractivity contribution in [2.24, 2.45) is 0 Å². The molecule has 1 aromatic rings. The Kier molecular flexibility index (Phi) is 4.14. The fourth-order valence-electron chi connectivity index (χ4n) is 1.51. The number of hydrogen-bond acceptors (Lipinski definition) is 3. The normalized spacial score (nSPS) is 16.6. The topological polar surface area (TPSA) is 29.3 Å². The number of oxazole rings is 1. The van der Waals surface area contributed by atoms with E-state index in [0.717, 1.165) is 17.3 Å². The lowest BCUT2D eigenvalue weighted by Crippen LogP contribution is -2.10. The average molecular weight is 196 g/mol. The molecule has 0 unspecified atom stereocenters. The second kappa shape index (κ2) is 5.15. The molecule has 1 aliphatic heterocycles.